The van der Waals surface area contributed by atoms with Crippen LogP contribution in [0, 0.1) is 0 Å². The fraction of sp³-hybridized carbons (Fsp3) is 0.412. The van der Waals surface area contributed by atoms with Crippen LogP contribution in [-0.2, 0) is 11.8 Å². The fourth-order valence-corrected chi connectivity index (χ4v) is 2.48. The number of benzene rings is 1. The molecule has 1 heterocycles. The smallest absolute Gasteiger partial charge is 0.345 e. The van der Waals surface area contributed by atoms with E-state index in [4.69, 9.17) is 4.74 Å². The summed E-state index contributed by atoms with van der Waals surface area (Å²) in [4.78, 5) is 26.9. The van der Waals surface area contributed by atoms with Gasteiger partial charge in [0.25, 0.3) is 5.56 Å². The molecule has 0 amide bonds. The number of likely N-dealkylation sites (N-methyl/N-ethyl adjacent to an activating group) is 1. The van der Waals surface area contributed by atoms with Gasteiger partial charge in [-0.05, 0) is 27.1 Å². The van der Waals surface area contributed by atoms with Gasteiger partial charge in [-0.15, -0.1) is 0 Å². The number of anilines is 1. The number of hydrogen-bond donors (Lipinski definition) is 1. The Bertz CT molecular complexity index is 766. The van der Waals surface area contributed by atoms with E-state index >= 15 is 0 Å². The number of aromatic nitrogens is 1. The number of carbonyl (C=O) groups is 1. The van der Waals surface area contributed by atoms with E-state index in [0.717, 1.165) is 17.4 Å². The van der Waals surface area contributed by atoms with Gasteiger partial charge in [-0.1, -0.05) is 18.2 Å². The highest BCUT2D eigenvalue weighted by Crippen LogP contribution is 2.25. The average Bonchev–Trinajstić information content (AvgIpc) is 2.52. The molecule has 0 fully saturated rings. The van der Waals surface area contributed by atoms with Crippen LogP contribution in [-0.4, -0.2) is 49.2 Å². The third-order valence-electron chi connectivity index (χ3n) is 3.64. The number of aryl methyl sites for hydroxylation is 1. The summed E-state index contributed by atoms with van der Waals surface area (Å²) >= 11 is 0. The first-order chi connectivity index (χ1) is 11.0. The number of nitrogens with zero attached hydrogens (tertiary/aromatic N) is 2. The zero-order valence-corrected chi connectivity index (χ0v) is 14.0. The van der Waals surface area contributed by atoms with Crippen molar-refractivity contribution in [1.29, 1.82) is 0 Å². The number of carbonyl (C=O) groups excluding carboxylic acids is 1. The molecule has 2 aromatic rings. The van der Waals surface area contributed by atoms with Crippen molar-refractivity contribution in [2.75, 3.05) is 39.1 Å². The zero-order valence-electron chi connectivity index (χ0n) is 14.0. The molecule has 0 aliphatic heterocycles. The lowest BCUT2D eigenvalue weighted by atomic mass is 10.1. The molecule has 6 nitrogen and oxygen atoms in total. The Morgan fingerprint density at radius 2 is 2.00 bits per heavy atom. The SMILES string of the molecule is CCOC(=O)c1c(NCCN(C)C)c2ccccc2n(C)c1=O. The third kappa shape index (κ3) is 3.53. The van der Waals surface area contributed by atoms with E-state index in [2.05, 4.69) is 5.32 Å². The van der Waals surface area contributed by atoms with Crippen molar-refractivity contribution < 1.29 is 9.53 Å². The predicted molar refractivity (Wildman–Crippen MR) is 92.2 cm³/mol. The number of nitrogens with one attached hydrogen (secondary N) is 1. The Hall–Kier alpha value is -2.34. The molecule has 0 bridgehead atoms. The van der Waals surface area contributed by atoms with Gasteiger partial charge in [-0.2, -0.15) is 0 Å². The van der Waals surface area contributed by atoms with Crippen LogP contribution in [0.2, 0.25) is 0 Å². The maximum atomic E-state index is 12.6. The molecular formula is C17H23N3O3. The van der Waals surface area contributed by atoms with Crippen LogP contribution in [0.15, 0.2) is 29.1 Å². The Morgan fingerprint density at radius 3 is 2.65 bits per heavy atom. The van der Waals surface area contributed by atoms with Crippen molar-refractivity contribution in [3.05, 3.63) is 40.2 Å². The Balaban J connectivity index is 2.62. The monoisotopic (exact) mass is 317 g/mol. The number of fused-ring (bicyclic) bond motifs is 1. The Labute approximate surface area is 135 Å². The van der Waals surface area contributed by atoms with Gasteiger partial charge in [0.05, 0.1) is 17.8 Å². The highest BCUT2D eigenvalue weighted by Gasteiger charge is 2.22. The zero-order chi connectivity index (χ0) is 17.0. The average molecular weight is 317 g/mol. The van der Waals surface area contributed by atoms with Gasteiger partial charge in [-0.25, -0.2) is 4.79 Å². The molecule has 2 rings (SSSR count). The minimum Gasteiger partial charge on any atom is -0.462 e. The second-order valence-corrected chi connectivity index (χ2v) is 5.58. The quantitative estimate of drug-likeness (QED) is 0.822. The number of hydrogen-bond acceptors (Lipinski definition) is 5. The van der Waals surface area contributed by atoms with Crippen molar-refractivity contribution in [3.63, 3.8) is 0 Å². The van der Waals surface area contributed by atoms with E-state index in [1.165, 1.54) is 4.57 Å². The summed E-state index contributed by atoms with van der Waals surface area (Å²) in [5.41, 5.74) is 1.03. The first-order valence-corrected chi connectivity index (χ1v) is 7.64. The third-order valence-corrected chi connectivity index (χ3v) is 3.64. The normalized spacial score (nSPS) is 11.0. The molecule has 0 aliphatic rings. The van der Waals surface area contributed by atoms with Crippen LogP contribution in [0.25, 0.3) is 10.9 Å². The summed E-state index contributed by atoms with van der Waals surface area (Å²) in [7, 11) is 5.60. The van der Waals surface area contributed by atoms with E-state index in [-0.39, 0.29) is 17.7 Å². The molecule has 0 spiro atoms. The van der Waals surface area contributed by atoms with Gasteiger partial charge in [0.15, 0.2) is 0 Å². The molecule has 1 N–H and O–H groups in total. The summed E-state index contributed by atoms with van der Waals surface area (Å²) in [5, 5.41) is 4.07. The van der Waals surface area contributed by atoms with Gasteiger partial charge in [0.1, 0.15) is 5.56 Å². The van der Waals surface area contributed by atoms with E-state index < -0.39 is 5.97 Å². The van der Waals surface area contributed by atoms with Crippen LogP contribution in [0.4, 0.5) is 5.69 Å². The van der Waals surface area contributed by atoms with Crippen LogP contribution >= 0.6 is 0 Å². The number of esters is 1. The predicted octanol–water partition coefficient (Wildman–Crippen LogP) is 1.69. The number of para-hydroxylation sites is 1. The largest absolute Gasteiger partial charge is 0.462 e. The molecule has 0 radical (unpaired) electrons. The van der Waals surface area contributed by atoms with Gasteiger partial charge in [0.2, 0.25) is 0 Å². The summed E-state index contributed by atoms with van der Waals surface area (Å²) in [6, 6.07) is 7.52. The molecule has 1 aromatic heterocycles. The van der Waals surface area contributed by atoms with Crippen LogP contribution in [0.5, 0.6) is 0 Å². The van der Waals surface area contributed by atoms with E-state index in [1.54, 1.807) is 14.0 Å². The van der Waals surface area contributed by atoms with Gasteiger partial charge in [-0.3, -0.25) is 4.79 Å². The van der Waals surface area contributed by atoms with Crippen molar-refractivity contribution in [2.45, 2.75) is 6.92 Å². The number of ether oxygens (including phenoxy) is 1. The standard InChI is InChI=1S/C17H23N3O3/c1-5-23-17(22)14-15(18-10-11-19(2)3)12-8-6-7-9-13(12)20(4)16(14)21/h6-9,18H,5,10-11H2,1-4H3. The topological polar surface area (TPSA) is 63.6 Å². The molecule has 6 heteroatoms. The first-order valence-electron chi connectivity index (χ1n) is 7.64. The van der Waals surface area contributed by atoms with Crippen LogP contribution in [0.3, 0.4) is 0 Å². The molecule has 124 valence electrons. The summed E-state index contributed by atoms with van der Waals surface area (Å²) in [6.07, 6.45) is 0. The Morgan fingerprint density at radius 1 is 1.30 bits per heavy atom. The van der Waals surface area contributed by atoms with E-state index in [0.29, 0.717) is 12.2 Å². The fourth-order valence-electron chi connectivity index (χ4n) is 2.48. The van der Waals surface area contributed by atoms with Crippen molar-refractivity contribution in [1.82, 2.24) is 9.47 Å². The van der Waals surface area contributed by atoms with Gasteiger partial charge >= 0.3 is 5.97 Å². The van der Waals surface area contributed by atoms with Crippen LogP contribution in [0.1, 0.15) is 17.3 Å². The molecule has 1 aromatic carbocycles. The van der Waals surface area contributed by atoms with E-state index in [1.807, 2.05) is 43.3 Å². The summed E-state index contributed by atoms with van der Waals surface area (Å²) in [5.74, 6) is -0.591. The second kappa shape index (κ2) is 7.28. The highest BCUT2D eigenvalue weighted by molar-refractivity contribution is 6.05. The molecule has 0 saturated heterocycles. The lowest BCUT2D eigenvalue weighted by Crippen LogP contribution is -2.29. The maximum absolute atomic E-state index is 12.6. The summed E-state index contributed by atoms with van der Waals surface area (Å²) < 4.78 is 6.56. The highest BCUT2D eigenvalue weighted by atomic mass is 16.5. The second-order valence-electron chi connectivity index (χ2n) is 5.58. The molecule has 0 atom stereocenters. The molecule has 0 unspecified atom stereocenters. The molecule has 0 saturated carbocycles. The minimum atomic E-state index is -0.591. The lowest BCUT2D eigenvalue weighted by molar-refractivity contribution is 0.0525. The van der Waals surface area contributed by atoms with Gasteiger partial charge in [0, 0.05) is 25.5 Å². The minimum absolute atomic E-state index is 0.0619. The van der Waals surface area contributed by atoms with Crippen molar-refractivity contribution in [2.24, 2.45) is 7.05 Å². The molecule has 0 aliphatic carbocycles. The summed E-state index contributed by atoms with van der Waals surface area (Å²) in [6.45, 7) is 3.36. The van der Waals surface area contributed by atoms with Crippen molar-refractivity contribution >= 4 is 22.6 Å². The molecular weight excluding hydrogens is 294 g/mol. The lowest BCUT2D eigenvalue weighted by Gasteiger charge is -2.17. The van der Waals surface area contributed by atoms with E-state index in [9.17, 15) is 9.59 Å². The number of pyridine rings is 1. The van der Waals surface area contributed by atoms with Gasteiger partial charge < -0.3 is 19.5 Å². The molecule has 23 heavy (non-hydrogen) atoms. The van der Waals surface area contributed by atoms with Crippen molar-refractivity contribution in [3.8, 4) is 0 Å². The first kappa shape index (κ1) is 17.0. The Kier molecular flexibility index (Phi) is 5.39. The maximum Gasteiger partial charge on any atom is 0.345 e. The number of rotatable bonds is 6. The van der Waals surface area contributed by atoms with Crippen LogP contribution < -0.4 is 10.9 Å².